The maximum atomic E-state index is 6.06. The van der Waals surface area contributed by atoms with E-state index >= 15 is 0 Å². The van der Waals surface area contributed by atoms with E-state index in [1.165, 1.54) is 71.1 Å². The zero-order valence-electron chi connectivity index (χ0n) is 66.7. The summed E-state index contributed by atoms with van der Waals surface area (Å²) in [6, 6.07) is 41.3. The molecule has 9 aromatic rings. The number of piperidine rings is 2. The van der Waals surface area contributed by atoms with Crippen molar-refractivity contribution < 1.29 is 51.1 Å². The van der Waals surface area contributed by atoms with Gasteiger partial charge < -0.3 is 90.3 Å². The molecule has 2 fully saturated rings. The number of likely N-dealkylation sites (N-methyl/N-ethyl adjacent to an activating group) is 2. The number of oxazole rings is 3. The Morgan fingerprint density at radius 3 is 0.926 bits per heavy atom. The van der Waals surface area contributed by atoms with E-state index in [9.17, 15) is 0 Å². The van der Waals surface area contributed by atoms with E-state index in [4.69, 9.17) is 51.1 Å². The van der Waals surface area contributed by atoms with Gasteiger partial charge in [0.15, 0.2) is 16.7 Å². The molecule has 0 radical (unpaired) electrons. The predicted molar refractivity (Wildman–Crippen MR) is 435 cm³/mol. The Morgan fingerprint density at radius 1 is 0.287 bits per heavy atom. The van der Waals surface area contributed by atoms with Crippen molar-refractivity contribution in [3.8, 4) is 68.9 Å². The van der Waals surface area contributed by atoms with Crippen LogP contribution in [0.2, 0.25) is 0 Å². The summed E-state index contributed by atoms with van der Waals surface area (Å²) in [5, 5.41) is 0. The first-order chi connectivity index (χ1) is 52.6. The number of likely N-dealkylation sites (tertiary alicyclic amines) is 2. The first kappa shape index (κ1) is 84.2. The summed E-state index contributed by atoms with van der Waals surface area (Å²) in [6.07, 6.45) is 15.3. The molecule has 0 unspecified atom stereocenters. The van der Waals surface area contributed by atoms with E-state index in [-0.39, 0.29) is 0 Å². The van der Waals surface area contributed by atoms with Crippen LogP contribution >= 0.6 is 0 Å². The number of aromatic nitrogens is 3. The van der Waals surface area contributed by atoms with Crippen molar-refractivity contribution in [2.75, 3.05) is 228 Å². The summed E-state index contributed by atoms with van der Waals surface area (Å²) in [7, 11) is 20.8. The molecule has 6 aromatic carbocycles. The minimum Gasteiger partial charge on any atom is -0.494 e. The van der Waals surface area contributed by atoms with Crippen LogP contribution < -0.4 is 28.4 Å². The maximum Gasteiger partial charge on any atom is 0.227 e. The number of hydrogen-bond donors (Lipinski definition) is 0. The Balaban J connectivity index is 0.000000187. The quantitative estimate of drug-likeness (QED) is 0.0329. The Hall–Kier alpha value is -7.87. The van der Waals surface area contributed by atoms with Gasteiger partial charge in [0.1, 0.15) is 51.0 Å². The van der Waals surface area contributed by atoms with Crippen LogP contribution in [0.5, 0.6) is 34.5 Å². The number of fused-ring (bicyclic) bond motifs is 3. The van der Waals surface area contributed by atoms with Gasteiger partial charge in [-0.25, -0.2) is 15.0 Å². The van der Waals surface area contributed by atoms with Crippen LogP contribution in [0.4, 0.5) is 0 Å². The van der Waals surface area contributed by atoms with E-state index < -0.39 is 0 Å². The van der Waals surface area contributed by atoms with Gasteiger partial charge in [0.25, 0.3) is 0 Å². The average Bonchev–Trinajstić information content (AvgIpc) is 1.68. The average molecular weight is 1490 g/mol. The number of benzene rings is 6. The van der Waals surface area contributed by atoms with E-state index in [0.29, 0.717) is 63.9 Å². The molecule has 5 heterocycles. The van der Waals surface area contributed by atoms with Crippen LogP contribution in [0.15, 0.2) is 141 Å². The highest BCUT2D eigenvalue weighted by Gasteiger charge is 2.16. The molecular weight excluding hydrogens is 1360 g/mol. The smallest absolute Gasteiger partial charge is 0.227 e. The zero-order valence-corrected chi connectivity index (χ0v) is 66.7. The largest absolute Gasteiger partial charge is 0.494 e. The van der Waals surface area contributed by atoms with Gasteiger partial charge in [0, 0.05) is 87.2 Å². The van der Waals surface area contributed by atoms with Gasteiger partial charge >= 0.3 is 0 Å². The molecule has 22 nitrogen and oxygen atoms in total. The van der Waals surface area contributed by atoms with Gasteiger partial charge in [-0.05, 0) is 290 Å². The van der Waals surface area contributed by atoms with Crippen LogP contribution in [0.3, 0.4) is 0 Å². The molecule has 22 heteroatoms. The normalized spacial score (nSPS) is 13.7. The lowest BCUT2D eigenvalue weighted by Crippen LogP contribution is -2.31. The molecule has 3 aromatic heterocycles. The van der Waals surface area contributed by atoms with E-state index in [0.717, 1.165) is 208 Å². The van der Waals surface area contributed by atoms with Gasteiger partial charge in [-0.3, -0.25) is 0 Å². The van der Waals surface area contributed by atoms with Gasteiger partial charge in [-0.1, -0.05) is 12.8 Å². The van der Waals surface area contributed by atoms with E-state index in [1.807, 2.05) is 141 Å². The standard InChI is InChI=1S/C30H46N4O5.C29H39N3O3.C27H40N4O3/c1-32(2)14-6-18-38-27-12-13-28-29(24-27)39-30(31-28)25-8-10-26(11-9-25)37-19-7-15-34(5)17-21-36-23-22-35-20-16-33(3)4;1-3-15-31(16-4-1)19-7-21-33-25-11-9-24(10-12-25)29-30-27-14-13-26(23-28(27)35-29)34-22-8-20-32-17-5-2-6-18-32;1-29(2)15-6-17-31(5)18-8-20-32-23-11-9-22(10-12-23)27-28-25-14-13-24(21-26(25)34-27)33-19-7-16-30(3)4/h8-13,24H,6-7,14-23H2,1-5H3;9-14,23H,1-8,15-22H2;9-14,21H,6-8,15-20H2,1-5H3. The van der Waals surface area contributed by atoms with Gasteiger partial charge in [0.2, 0.25) is 17.7 Å². The minimum absolute atomic E-state index is 0.588. The number of nitrogens with zero attached hydrogens (tertiary/aromatic N) is 11. The first-order valence-corrected chi connectivity index (χ1v) is 39.5. The van der Waals surface area contributed by atoms with Crippen molar-refractivity contribution in [2.45, 2.75) is 83.5 Å². The fraction of sp³-hybridized carbons (Fsp3) is 0.547. The van der Waals surface area contributed by atoms with Crippen LogP contribution in [-0.2, 0) is 9.47 Å². The third kappa shape index (κ3) is 31.2. The number of rotatable bonds is 46. The summed E-state index contributed by atoms with van der Waals surface area (Å²) < 4.78 is 64.8. The summed E-state index contributed by atoms with van der Waals surface area (Å²) in [5.41, 5.74) is 7.48. The highest BCUT2D eigenvalue weighted by atomic mass is 16.5. The molecule has 2 aliphatic heterocycles. The molecule has 2 aliphatic rings. The fourth-order valence-electron chi connectivity index (χ4n) is 12.6. The molecule has 11 rings (SSSR count). The Labute approximate surface area is 643 Å². The van der Waals surface area contributed by atoms with Crippen molar-refractivity contribution in [2.24, 2.45) is 0 Å². The number of ether oxygens (including phenoxy) is 8. The highest BCUT2D eigenvalue weighted by molar-refractivity contribution is 5.80. The molecule has 0 atom stereocenters. The van der Waals surface area contributed by atoms with E-state index in [2.05, 4.69) is 111 Å². The highest BCUT2D eigenvalue weighted by Crippen LogP contribution is 2.32. The summed E-state index contributed by atoms with van der Waals surface area (Å²) >= 11 is 0. The summed E-state index contributed by atoms with van der Waals surface area (Å²) in [5.74, 6) is 6.85. The topological polar surface area (TPSA) is 178 Å². The van der Waals surface area contributed by atoms with Crippen molar-refractivity contribution in [1.82, 2.24) is 54.2 Å². The van der Waals surface area contributed by atoms with Gasteiger partial charge in [-0.2, -0.15) is 0 Å². The van der Waals surface area contributed by atoms with Gasteiger partial charge in [-0.15, -0.1) is 0 Å². The molecule has 0 bridgehead atoms. The third-order valence-electron chi connectivity index (χ3n) is 18.8. The van der Waals surface area contributed by atoms with Crippen LogP contribution in [0.25, 0.3) is 67.7 Å². The second-order valence-corrected chi connectivity index (χ2v) is 29.4. The van der Waals surface area contributed by atoms with Crippen molar-refractivity contribution >= 4 is 33.3 Å². The fourth-order valence-corrected chi connectivity index (χ4v) is 12.6. The lowest BCUT2D eigenvalue weighted by molar-refractivity contribution is 0.0363. The number of hydrogen-bond acceptors (Lipinski definition) is 22. The lowest BCUT2D eigenvalue weighted by atomic mass is 10.1. The molecule has 590 valence electrons. The zero-order chi connectivity index (χ0) is 75.9. The summed E-state index contributed by atoms with van der Waals surface area (Å²) in [6.45, 7) is 22.2. The Kier molecular flexibility index (Phi) is 36.8. The first-order valence-electron chi connectivity index (χ1n) is 39.5. The van der Waals surface area contributed by atoms with Crippen LogP contribution in [0.1, 0.15) is 83.5 Å². The molecule has 0 saturated carbocycles. The maximum absolute atomic E-state index is 6.06. The van der Waals surface area contributed by atoms with E-state index in [1.54, 1.807) is 0 Å². The van der Waals surface area contributed by atoms with Crippen molar-refractivity contribution in [3.05, 3.63) is 127 Å². The van der Waals surface area contributed by atoms with Crippen molar-refractivity contribution in [3.63, 3.8) is 0 Å². The summed E-state index contributed by atoms with van der Waals surface area (Å²) in [4.78, 5) is 32.3. The molecule has 108 heavy (non-hydrogen) atoms. The molecule has 0 amide bonds. The third-order valence-corrected chi connectivity index (χ3v) is 18.8. The molecule has 2 saturated heterocycles. The molecule has 0 spiro atoms. The van der Waals surface area contributed by atoms with Crippen LogP contribution in [0, 0.1) is 0 Å². The molecular formula is C86H125N11O11. The van der Waals surface area contributed by atoms with Crippen molar-refractivity contribution in [1.29, 1.82) is 0 Å². The second kappa shape index (κ2) is 47.3. The van der Waals surface area contributed by atoms with Gasteiger partial charge in [0.05, 0.1) is 66.1 Å². The molecule has 0 N–H and O–H groups in total. The minimum atomic E-state index is 0.588. The Morgan fingerprint density at radius 2 is 0.574 bits per heavy atom. The molecule has 0 aliphatic carbocycles. The monoisotopic (exact) mass is 1490 g/mol. The second-order valence-electron chi connectivity index (χ2n) is 29.4. The Bertz CT molecular complexity index is 3890. The lowest BCUT2D eigenvalue weighted by Gasteiger charge is -2.26. The SMILES string of the molecule is CN(C)CCCOc1ccc2nc(-c3ccc(OCCCN(C)CCCN(C)C)cc3)oc2c1.CN(C)CCCOc1ccc2nc(-c3ccc(OCCCN(C)CCOCCOCCN(C)C)cc3)oc2c1.c1cc(-c2nc3ccc(OCCCN4CCCCC4)cc3o2)ccc1OCCCN1CCCCC1. The van der Waals surface area contributed by atoms with Crippen LogP contribution in [-0.4, -0.2) is 282 Å². The predicted octanol–water partition coefficient (Wildman–Crippen LogP) is 14.6.